The highest BCUT2D eigenvalue weighted by Crippen LogP contribution is 2.26. The van der Waals surface area contributed by atoms with Crippen LogP contribution in [0, 0.1) is 0 Å². The fourth-order valence-electron chi connectivity index (χ4n) is 2.01. The number of amides is 1. The van der Waals surface area contributed by atoms with Crippen LogP contribution >= 0.6 is 0 Å². The molecule has 1 aromatic carbocycles. The monoisotopic (exact) mass is 333 g/mol. The summed E-state index contributed by atoms with van der Waals surface area (Å²) in [6.45, 7) is 3.43. The third-order valence-electron chi connectivity index (χ3n) is 2.98. The van der Waals surface area contributed by atoms with E-state index in [9.17, 15) is 9.59 Å². The van der Waals surface area contributed by atoms with E-state index >= 15 is 0 Å². The van der Waals surface area contributed by atoms with E-state index in [2.05, 4.69) is 10.4 Å². The van der Waals surface area contributed by atoms with E-state index in [0.717, 1.165) is 0 Å². The van der Waals surface area contributed by atoms with Crippen molar-refractivity contribution in [2.75, 3.05) is 12.4 Å². The molecule has 0 radical (unpaired) electrons. The summed E-state index contributed by atoms with van der Waals surface area (Å²) >= 11 is 0. The van der Waals surface area contributed by atoms with Crippen molar-refractivity contribution in [3.05, 3.63) is 36.0 Å². The predicted octanol–water partition coefficient (Wildman–Crippen LogP) is 2.02. The number of methoxy groups -OCH3 is 1. The van der Waals surface area contributed by atoms with Gasteiger partial charge in [0.1, 0.15) is 18.0 Å². The van der Waals surface area contributed by atoms with Gasteiger partial charge in [0.15, 0.2) is 5.82 Å². The van der Waals surface area contributed by atoms with Crippen molar-refractivity contribution in [2.24, 2.45) is 0 Å². The zero-order valence-electron chi connectivity index (χ0n) is 13.6. The van der Waals surface area contributed by atoms with Crippen LogP contribution in [-0.2, 0) is 11.3 Å². The number of anilines is 1. The van der Waals surface area contributed by atoms with Gasteiger partial charge in [0.25, 0.3) is 5.91 Å². The van der Waals surface area contributed by atoms with Crippen molar-refractivity contribution < 1.29 is 24.2 Å². The molecule has 2 aromatic rings. The molecule has 0 spiro atoms. The molecule has 0 atom stereocenters. The van der Waals surface area contributed by atoms with Gasteiger partial charge < -0.3 is 19.9 Å². The highest BCUT2D eigenvalue weighted by Gasteiger charge is 2.16. The van der Waals surface area contributed by atoms with Crippen LogP contribution in [-0.4, -0.2) is 40.0 Å². The number of carboxylic acids is 1. The Kier molecular flexibility index (Phi) is 5.41. The number of rotatable bonds is 7. The second-order valence-corrected chi connectivity index (χ2v) is 5.28. The van der Waals surface area contributed by atoms with Crippen LogP contribution in [0.3, 0.4) is 0 Å². The van der Waals surface area contributed by atoms with E-state index in [1.54, 1.807) is 18.2 Å². The summed E-state index contributed by atoms with van der Waals surface area (Å²) in [7, 11) is 1.53. The first-order chi connectivity index (χ1) is 11.4. The van der Waals surface area contributed by atoms with Crippen LogP contribution in [0.4, 0.5) is 5.82 Å². The first-order valence-electron chi connectivity index (χ1n) is 7.30. The number of aromatic nitrogens is 2. The molecule has 2 N–H and O–H groups in total. The summed E-state index contributed by atoms with van der Waals surface area (Å²) in [6, 6.07) is 6.41. The van der Waals surface area contributed by atoms with E-state index in [1.807, 2.05) is 13.8 Å². The topological polar surface area (TPSA) is 103 Å². The van der Waals surface area contributed by atoms with Crippen LogP contribution in [0.1, 0.15) is 24.2 Å². The number of carbonyl (C=O) groups excluding carboxylic acids is 1. The molecule has 128 valence electrons. The Hall–Kier alpha value is -3.03. The minimum Gasteiger partial charge on any atom is -0.497 e. The zero-order chi connectivity index (χ0) is 17.7. The number of hydrogen-bond acceptors (Lipinski definition) is 5. The predicted molar refractivity (Wildman–Crippen MR) is 86.6 cm³/mol. The summed E-state index contributed by atoms with van der Waals surface area (Å²) in [4.78, 5) is 23.1. The van der Waals surface area contributed by atoms with Crippen molar-refractivity contribution >= 4 is 17.7 Å². The van der Waals surface area contributed by atoms with Gasteiger partial charge in [-0.05, 0) is 26.0 Å². The van der Waals surface area contributed by atoms with Crippen LogP contribution < -0.4 is 14.8 Å². The third kappa shape index (κ3) is 4.48. The lowest BCUT2D eigenvalue weighted by atomic mass is 10.1. The largest absolute Gasteiger partial charge is 0.497 e. The number of nitrogens with one attached hydrogen (secondary N) is 1. The molecular weight excluding hydrogens is 314 g/mol. The minimum atomic E-state index is -1.02. The number of hydrogen-bond donors (Lipinski definition) is 2. The van der Waals surface area contributed by atoms with Crippen molar-refractivity contribution in [1.82, 2.24) is 9.78 Å². The molecule has 0 aliphatic rings. The minimum absolute atomic E-state index is 0.113. The van der Waals surface area contributed by atoms with Gasteiger partial charge in [0, 0.05) is 18.3 Å². The Morgan fingerprint density at radius 2 is 2.08 bits per heavy atom. The van der Waals surface area contributed by atoms with Crippen molar-refractivity contribution in [1.29, 1.82) is 0 Å². The standard InChI is InChI=1S/C16H19N3O5/c1-10(2)24-13-8-11(23-3)4-5-12(13)16(22)17-14-6-7-19(18-14)9-15(20)21/h4-8,10H,9H2,1-3H3,(H,20,21)(H,17,18,22). The van der Waals surface area contributed by atoms with Gasteiger partial charge in [-0.15, -0.1) is 0 Å². The number of benzene rings is 1. The molecule has 0 saturated carbocycles. The zero-order valence-corrected chi connectivity index (χ0v) is 13.6. The maximum Gasteiger partial charge on any atom is 0.325 e. The molecule has 0 unspecified atom stereocenters. The average Bonchev–Trinajstić information content (AvgIpc) is 2.92. The smallest absolute Gasteiger partial charge is 0.325 e. The Bertz CT molecular complexity index is 739. The lowest BCUT2D eigenvalue weighted by Gasteiger charge is -2.15. The first kappa shape index (κ1) is 17.3. The van der Waals surface area contributed by atoms with Crippen molar-refractivity contribution in [3.8, 4) is 11.5 Å². The summed E-state index contributed by atoms with van der Waals surface area (Å²) in [6.07, 6.45) is 1.36. The number of aliphatic carboxylic acids is 1. The summed E-state index contributed by atoms with van der Waals surface area (Å²) in [5.74, 6) is -0.194. The number of carboxylic acid groups (broad SMARTS) is 1. The van der Waals surface area contributed by atoms with Crippen molar-refractivity contribution in [2.45, 2.75) is 26.5 Å². The molecule has 0 fully saturated rings. The maximum absolute atomic E-state index is 12.4. The molecule has 2 rings (SSSR count). The molecule has 0 aliphatic heterocycles. The molecule has 1 amide bonds. The van der Waals surface area contributed by atoms with Gasteiger partial charge in [-0.1, -0.05) is 0 Å². The van der Waals surface area contributed by atoms with Crippen LogP contribution in [0.2, 0.25) is 0 Å². The van der Waals surface area contributed by atoms with E-state index in [0.29, 0.717) is 17.1 Å². The van der Waals surface area contributed by atoms with Crippen LogP contribution in [0.25, 0.3) is 0 Å². The van der Waals surface area contributed by atoms with E-state index in [4.69, 9.17) is 14.6 Å². The molecule has 24 heavy (non-hydrogen) atoms. The summed E-state index contributed by atoms with van der Waals surface area (Å²) in [5, 5.41) is 15.3. The fraction of sp³-hybridized carbons (Fsp3) is 0.312. The molecule has 8 heteroatoms. The third-order valence-corrected chi connectivity index (χ3v) is 2.98. The van der Waals surface area contributed by atoms with Gasteiger partial charge >= 0.3 is 5.97 Å². The lowest BCUT2D eigenvalue weighted by molar-refractivity contribution is -0.137. The summed E-state index contributed by atoms with van der Waals surface area (Å²) < 4.78 is 12.0. The van der Waals surface area contributed by atoms with Gasteiger partial charge in [0.2, 0.25) is 0 Å². The van der Waals surface area contributed by atoms with Gasteiger partial charge in [0.05, 0.1) is 18.8 Å². The first-order valence-corrected chi connectivity index (χ1v) is 7.30. The fourth-order valence-corrected chi connectivity index (χ4v) is 2.01. The molecule has 8 nitrogen and oxygen atoms in total. The molecule has 1 heterocycles. The number of nitrogens with zero attached hydrogens (tertiary/aromatic N) is 2. The quantitative estimate of drug-likeness (QED) is 0.803. The van der Waals surface area contributed by atoms with Crippen LogP contribution in [0.15, 0.2) is 30.5 Å². The van der Waals surface area contributed by atoms with Gasteiger partial charge in [-0.25, -0.2) is 0 Å². The molecular formula is C16H19N3O5. The van der Waals surface area contributed by atoms with E-state index in [1.165, 1.54) is 24.1 Å². The highest BCUT2D eigenvalue weighted by atomic mass is 16.5. The van der Waals surface area contributed by atoms with Gasteiger partial charge in [-0.3, -0.25) is 14.3 Å². The molecule has 0 bridgehead atoms. The molecule has 1 aromatic heterocycles. The normalized spacial score (nSPS) is 10.5. The van der Waals surface area contributed by atoms with E-state index in [-0.39, 0.29) is 18.5 Å². The molecule has 0 aliphatic carbocycles. The maximum atomic E-state index is 12.4. The second kappa shape index (κ2) is 7.49. The Morgan fingerprint density at radius 1 is 1.33 bits per heavy atom. The highest BCUT2D eigenvalue weighted by molar-refractivity contribution is 6.05. The van der Waals surface area contributed by atoms with Crippen molar-refractivity contribution in [3.63, 3.8) is 0 Å². The number of ether oxygens (including phenoxy) is 2. The molecule has 0 saturated heterocycles. The Labute approximate surface area is 139 Å². The van der Waals surface area contributed by atoms with Crippen LogP contribution in [0.5, 0.6) is 11.5 Å². The Morgan fingerprint density at radius 3 is 2.71 bits per heavy atom. The Balaban J connectivity index is 2.19. The van der Waals surface area contributed by atoms with Gasteiger partial charge in [-0.2, -0.15) is 5.10 Å². The summed E-state index contributed by atoms with van der Waals surface area (Å²) in [5.41, 5.74) is 0.331. The average molecular weight is 333 g/mol. The SMILES string of the molecule is COc1ccc(C(=O)Nc2ccn(CC(=O)O)n2)c(OC(C)C)c1. The second-order valence-electron chi connectivity index (χ2n) is 5.28. The number of carbonyl (C=O) groups is 2. The lowest BCUT2D eigenvalue weighted by Crippen LogP contribution is -2.16. The van der Waals surface area contributed by atoms with E-state index < -0.39 is 11.9 Å².